The van der Waals surface area contributed by atoms with Crippen molar-refractivity contribution in [2.75, 3.05) is 37.7 Å². The Morgan fingerprint density at radius 1 is 0.931 bits per heavy atom. The first-order valence-corrected chi connectivity index (χ1v) is 9.61. The molecule has 2 amide bonds. The Hall–Kier alpha value is -3.19. The Kier molecular flexibility index (Phi) is 6.61. The molecule has 2 N–H and O–H groups in total. The van der Waals surface area contributed by atoms with Gasteiger partial charge in [-0.05, 0) is 43.3 Å². The monoisotopic (exact) mass is 395 g/mol. The number of amides is 2. The summed E-state index contributed by atoms with van der Waals surface area (Å²) in [7, 11) is 0. The van der Waals surface area contributed by atoms with Crippen molar-refractivity contribution < 1.29 is 19.5 Å². The maximum absolute atomic E-state index is 12.8. The van der Waals surface area contributed by atoms with Crippen LogP contribution in [0, 0.1) is 0 Å². The minimum absolute atomic E-state index is 0.0274. The second-order valence-electron chi connectivity index (χ2n) is 6.99. The summed E-state index contributed by atoms with van der Waals surface area (Å²) >= 11 is 0. The first-order valence-electron chi connectivity index (χ1n) is 9.61. The number of hydrogen-bond acceptors (Lipinski definition) is 5. The Balaban J connectivity index is 1.56. The number of anilines is 1. The van der Waals surface area contributed by atoms with Gasteiger partial charge in [0.25, 0.3) is 5.91 Å². The lowest BCUT2D eigenvalue weighted by molar-refractivity contribution is -0.134. The van der Waals surface area contributed by atoms with Gasteiger partial charge in [0.05, 0.1) is 6.61 Å². The van der Waals surface area contributed by atoms with E-state index in [-0.39, 0.29) is 17.6 Å². The average Bonchev–Trinajstić information content (AvgIpc) is 2.77. The van der Waals surface area contributed by atoms with Crippen LogP contribution in [-0.4, -0.2) is 66.4 Å². The van der Waals surface area contributed by atoms with Gasteiger partial charge in [0, 0.05) is 43.0 Å². The highest BCUT2D eigenvalue weighted by Gasteiger charge is 2.28. The summed E-state index contributed by atoms with van der Waals surface area (Å²) in [5, 5.41) is 12.2. The van der Waals surface area contributed by atoms with Gasteiger partial charge >= 0.3 is 0 Å². The summed E-state index contributed by atoms with van der Waals surface area (Å²) in [6, 6.07) is 15.1. The van der Waals surface area contributed by atoms with Crippen LogP contribution in [0.3, 0.4) is 0 Å². The average molecular weight is 395 g/mol. The van der Waals surface area contributed by atoms with Gasteiger partial charge in [0.15, 0.2) is 5.78 Å². The predicted octanol–water partition coefficient (Wildman–Crippen LogP) is 1.33. The molecule has 0 radical (unpaired) electrons. The Labute approximate surface area is 169 Å². The third-order valence-electron chi connectivity index (χ3n) is 5.05. The highest BCUT2D eigenvalue weighted by Crippen LogP contribution is 2.18. The molecule has 29 heavy (non-hydrogen) atoms. The van der Waals surface area contributed by atoms with Crippen molar-refractivity contribution in [2.45, 2.75) is 13.0 Å². The van der Waals surface area contributed by atoms with Crippen LogP contribution in [0.5, 0.6) is 0 Å². The second-order valence-corrected chi connectivity index (χ2v) is 6.99. The zero-order valence-corrected chi connectivity index (χ0v) is 16.4. The number of nitrogens with zero attached hydrogens (tertiary/aromatic N) is 2. The number of carbonyl (C=O) groups excluding carboxylic acids is 3. The normalized spacial score (nSPS) is 15.0. The van der Waals surface area contributed by atoms with E-state index < -0.39 is 12.6 Å². The van der Waals surface area contributed by atoms with Gasteiger partial charge in [0.1, 0.15) is 6.04 Å². The van der Waals surface area contributed by atoms with Crippen LogP contribution in [0.25, 0.3) is 0 Å². The van der Waals surface area contributed by atoms with E-state index in [9.17, 15) is 19.5 Å². The van der Waals surface area contributed by atoms with E-state index in [2.05, 4.69) is 10.2 Å². The van der Waals surface area contributed by atoms with Gasteiger partial charge in [-0.1, -0.05) is 18.2 Å². The highest BCUT2D eigenvalue weighted by atomic mass is 16.3. The first-order chi connectivity index (χ1) is 14.0. The number of nitrogens with one attached hydrogen (secondary N) is 1. The third kappa shape index (κ3) is 5.00. The van der Waals surface area contributed by atoms with E-state index in [0.717, 1.165) is 5.69 Å². The number of ketones is 1. The zero-order valence-electron chi connectivity index (χ0n) is 16.4. The smallest absolute Gasteiger partial charge is 0.251 e. The molecule has 1 aliphatic heterocycles. The molecule has 7 nitrogen and oxygen atoms in total. The van der Waals surface area contributed by atoms with Crippen molar-refractivity contribution in [3.63, 3.8) is 0 Å². The summed E-state index contributed by atoms with van der Waals surface area (Å²) in [5.74, 6) is -0.648. The molecule has 1 fully saturated rings. The minimum atomic E-state index is -0.968. The molecule has 1 saturated heterocycles. The van der Waals surface area contributed by atoms with Gasteiger partial charge in [0.2, 0.25) is 5.91 Å². The SMILES string of the molecule is CC(=O)c1ccc(N2CCN(C(=O)[C@H](CO)NC(=O)c3ccccc3)CC2)cc1. The maximum atomic E-state index is 12.8. The fourth-order valence-electron chi connectivity index (χ4n) is 3.33. The number of rotatable bonds is 6. The summed E-state index contributed by atoms with van der Waals surface area (Å²) < 4.78 is 0. The maximum Gasteiger partial charge on any atom is 0.251 e. The van der Waals surface area contributed by atoms with Gasteiger partial charge in [-0.15, -0.1) is 0 Å². The van der Waals surface area contributed by atoms with Crippen LogP contribution in [0.15, 0.2) is 54.6 Å². The lowest BCUT2D eigenvalue weighted by atomic mass is 10.1. The van der Waals surface area contributed by atoms with Gasteiger partial charge < -0.3 is 20.2 Å². The number of Topliss-reactive ketones (excluding diaryl/α,β-unsaturated/α-hetero) is 1. The van der Waals surface area contributed by atoms with Crippen molar-refractivity contribution in [3.8, 4) is 0 Å². The molecule has 3 rings (SSSR count). The molecule has 0 bridgehead atoms. The molecule has 0 unspecified atom stereocenters. The van der Waals surface area contributed by atoms with Gasteiger partial charge in [-0.3, -0.25) is 14.4 Å². The summed E-state index contributed by atoms with van der Waals surface area (Å²) in [5.41, 5.74) is 2.11. The Bertz CT molecular complexity index is 859. The molecule has 1 aliphatic rings. The number of carbonyl (C=O) groups is 3. The molecular formula is C22H25N3O4. The number of aliphatic hydroxyl groups is 1. The van der Waals surface area contributed by atoms with Crippen LogP contribution >= 0.6 is 0 Å². The Morgan fingerprint density at radius 2 is 1.55 bits per heavy atom. The summed E-state index contributed by atoms with van der Waals surface area (Å²) in [6.07, 6.45) is 0. The number of piperazine rings is 1. The lowest BCUT2D eigenvalue weighted by Gasteiger charge is -2.37. The van der Waals surface area contributed by atoms with Crippen molar-refractivity contribution in [2.24, 2.45) is 0 Å². The molecule has 1 heterocycles. The van der Waals surface area contributed by atoms with E-state index in [1.54, 1.807) is 47.4 Å². The molecule has 0 saturated carbocycles. The van der Waals surface area contributed by atoms with Gasteiger partial charge in [-0.25, -0.2) is 0 Å². The molecule has 2 aromatic rings. The van der Waals surface area contributed by atoms with E-state index in [4.69, 9.17) is 0 Å². The van der Waals surface area contributed by atoms with Gasteiger partial charge in [-0.2, -0.15) is 0 Å². The number of hydrogen-bond donors (Lipinski definition) is 2. The largest absolute Gasteiger partial charge is 0.394 e. The molecule has 7 heteroatoms. The fraction of sp³-hybridized carbons (Fsp3) is 0.318. The number of aliphatic hydroxyl groups excluding tert-OH is 1. The lowest BCUT2D eigenvalue weighted by Crippen LogP contribution is -2.56. The van der Waals surface area contributed by atoms with Crippen LogP contribution in [0.1, 0.15) is 27.6 Å². The topological polar surface area (TPSA) is 90.0 Å². The molecule has 2 aromatic carbocycles. The standard InChI is InChI=1S/C22H25N3O4/c1-16(27)17-7-9-19(10-8-17)24-11-13-25(14-12-24)22(29)20(15-26)23-21(28)18-5-3-2-4-6-18/h2-10,20,26H,11-15H2,1H3,(H,23,28)/t20-/m0/s1. The van der Waals surface area contributed by atoms with E-state index in [0.29, 0.717) is 37.3 Å². The van der Waals surface area contributed by atoms with Crippen LogP contribution < -0.4 is 10.2 Å². The van der Waals surface area contributed by atoms with Crippen molar-refractivity contribution in [1.29, 1.82) is 0 Å². The van der Waals surface area contributed by atoms with Crippen molar-refractivity contribution in [3.05, 3.63) is 65.7 Å². The quantitative estimate of drug-likeness (QED) is 0.721. The van der Waals surface area contributed by atoms with E-state index in [1.807, 2.05) is 12.1 Å². The zero-order chi connectivity index (χ0) is 20.8. The second kappa shape index (κ2) is 9.34. The third-order valence-corrected chi connectivity index (χ3v) is 5.05. The van der Waals surface area contributed by atoms with Crippen LogP contribution in [0.4, 0.5) is 5.69 Å². The fourth-order valence-corrected chi connectivity index (χ4v) is 3.33. The summed E-state index contributed by atoms with van der Waals surface area (Å²) in [4.78, 5) is 40.2. The van der Waals surface area contributed by atoms with E-state index >= 15 is 0 Å². The molecule has 152 valence electrons. The molecule has 0 aromatic heterocycles. The van der Waals surface area contributed by atoms with E-state index in [1.165, 1.54) is 6.92 Å². The minimum Gasteiger partial charge on any atom is -0.394 e. The molecular weight excluding hydrogens is 370 g/mol. The van der Waals surface area contributed by atoms with Crippen LogP contribution in [0.2, 0.25) is 0 Å². The molecule has 0 aliphatic carbocycles. The van der Waals surface area contributed by atoms with Crippen LogP contribution in [-0.2, 0) is 4.79 Å². The predicted molar refractivity (Wildman–Crippen MR) is 110 cm³/mol. The first kappa shape index (κ1) is 20.5. The number of benzene rings is 2. The summed E-state index contributed by atoms with van der Waals surface area (Å²) in [6.45, 7) is 3.33. The Morgan fingerprint density at radius 3 is 2.10 bits per heavy atom. The van der Waals surface area contributed by atoms with Crippen molar-refractivity contribution >= 4 is 23.3 Å². The van der Waals surface area contributed by atoms with Crippen molar-refractivity contribution in [1.82, 2.24) is 10.2 Å². The molecule has 1 atom stereocenters. The molecule has 0 spiro atoms. The highest BCUT2D eigenvalue weighted by molar-refractivity contribution is 5.97.